The topological polar surface area (TPSA) is 86.6 Å². The average Bonchev–Trinajstić information content (AvgIpc) is 2.63. The highest BCUT2D eigenvalue weighted by molar-refractivity contribution is 7.85. The highest BCUT2D eigenvalue weighted by Gasteiger charge is 2.18. The third-order valence-corrected chi connectivity index (χ3v) is 4.52. The zero-order valence-corrected chi connectivity index (χ0v) is 15.1. The maximum absolute atomic E-state index is 11.5. The highest BCUT2D eigenvalue weighted by Crippen LogP contribution is 2.33. The van der Waals surface area contributed by atoms with Crippen LogP contribution in [0.5, 0.6) is 0 Å². The van der Waals surface area contributed by atoms with Crippen molar-refractivity contribution in [2.24, 2.45) is 0 Å². The van der Waals surface area contributed by atoms with E-state index in [9.17, 15) is 13.0 Å². The molecular formula is C18H18N4O3S. The van der Waals surface area contributed by atoms with Crippen LogP contribution in [0.15, 0.2) is 71.8 Å². The molecule has 0 saturated heterocycles. The fourth-order valence-corrected chi connectivity index (χ4v) is 2.96. The van der Waals surface area contributed by atoms with E-state index in [1.807, 2.05) is 49.3 Å². The van der Waals surface area contributed by atoms with Gasteiger partial charge in [-0.2, -0.15) is 13.4 Å². The zero-order chi connectivity index (χ0) is 18.7. The van der Waals surface area contributed by atoms with Crippen molar-refractivity contribution in [3.8, 4) is 0 Å². The number of rotatable bonds is 5. The monoisotopic (exact) mass is 370 g/mol. The van der Waals surface area contributed by atoms with Crippen LogP contribution in [0.25, 0.3) is 0 Å². The minimum absolute atomic E-state index is 0.195. The number of benzene rings is 2. The number of para-hydroxylation sites is 1. The van der Waals surface area contributed by atoms with Crippen LogP contribution in [0.4, 0.5) is 23.1 Å². The lowest BCUT2D eigenvalue weighted by Gasteiger charge is -2.24. The number of aromatic nitrogens is 2. The molecule has 0 atom stereocenters. The molecule has 26 heavy (non-hydrogen) atoms. The molecular weight excluding hydrogens is 352 g/mol. The average molecular weight is 370 g/mol. The molecule has 3 aromatic rings. The van der Waals surface area contributed by atoms with Gasteiger partial charge in [0.25, 0.3) is 10.1 Å². The second kappa shape index (κ2) is 7.11. The van der Waals surface area contributed by atoms with Crippen LogP contribution < -0.4 is 9.80 Å². The van der Waals surface area contributed by atoms with Crippen LogP contribution in [-0.2, 0) is 10.1 Å². The number of hydrogen-bond acceptors (Lipinski definition) is 6. The van der Waals surface area contributed by atoms with Crippen molar-refractivity contribution >= 4 is 33.3 Å². The van der Waals surface area contributed by atoms with Gasteiger partial charge in [0.1, 0.15) is 5.82 Å². The molecule has 0 fully saturated rings. The maximum atomic E-state index is 11.5. The molecule has 3 rings (SSSR count). The standard InChI is InChI=1S/C18H18N4O3S/c1-21(2)17-11-12-19-18(20-17)22(14-7-4-3-5-8-14)15-9-6-10-16(13-15)26(23,24)25/h3-13H,1-2H3,(H,23,24,25). The molecule has 0 aliphatic carbocycles. The van der Waals surface area contributed by atoms with Crippen LogP contribution in [0.2, 0.25) is 0 Å². The van der Waals surface area contributed by atoms with E-state index in [-0.39, 0.29) is 4.90 Å². The van der Waals surface area contributed by atoms with E-state index >= 15 is 0 Å². The lowest BCUT2D eigenvalue weighted by atomic mass is 10.2. The van der Waals surface area contributed by atoms with E-state index in [0.29, 0.717) is 17.5 Å². The Balaban J connectivity index is 2.19. The fraction of sp³-hybridized carbons (Fsp3) is 0.111. The van der Waals surface area contributed by atoms with Crippen molar-refractivity contribution < 1.29 is 13.0 Å². The van der Waals surface area contributed by atoms with E-state index < -0.39 is 10.1 Å². The third kappa shape index (κ3) is 3.81. The first-order valence-corrected chi connectivity index (χ1v) is 9.23. The molecule has 134 valence electrons. The molecule has 0 radical (unpaired) electrons. The zero-order valence-electron chi connectivity index (χ0n) is 14.3. The summed E-state index contributed by atoms with van der Waals surface area (Å²) in [6, 6.07) is 17.1. The molecule has 0 aliphatic heterocycles. The first-order chi connectivity index (χ1) is 12.4. The number of hydrogen-bond donors (Lipinski definition) is 1. The van der Waals surface area contributed by atoms with Crippen molar-refractivity contribution in [1.29, 1.82) is 0 Å². The van der Waals surface area contributed by atoms with Crippen molar-refractivity contribution in [1.82, 2.24) is 9.97 Å². The molecule has 0 spiro atoms. The third-order valence-electron chi connectivity index (χ3n) is 3.67. The Morgan fingerprint density at radius 1 is 0.923 bits per heavy atom. The van der Waals surface area contributed by atoms with Gasteiger partial charge in [0.05, 0.1) is 10.6 Å². The summed E-state index contributed by atoms with van der Waals surface area (Å²) >= 11 is 0. The summed E-state index contributed by atoms with van der Waals surface area (Å²) in [6.07, 6.45) is 1.64. The van der Waals surface area contributed by atoms with Crippen LogP contribution in [0.3, 0.4) is 0 Å². The molecule has 7 nitrogen and oxygen atoms in total. The summed E-state index contributed by atoms with van der Waals surface area (Å²) in [5, 5.41) is 0. The van der Waals surface area contributed by atoms with Crippen LogP contribution in [-0.4, -0.2) is 37.0 Å². The Morgan fingerprint density at radius 2 is 1.62 bits per heavy atom. The first-order valence-electron chi connectivity index (χ1n) is 7.79. The van der Waals surface area contributed by atoms with Gasteiger partial charge in [0, 0.05) is 26.0 Å². The van der Waals surface area contributed by atoms with Crippen LogP contribution >= 0.6 is 0 Å². The van der Waals surface area contributed by atoms with Gasteiger partial charge in [-0.05, 0) is 36.4 Å². The second-order valence-electron chi connectivity index (χ2n) is 5.75. The van der Waals surface area contributed by atoms with Gasteiger partial charge in [0.2, 0.25) is 5.95 Å². The SMILES string of the molecule is CN(C)c1ccnc(N(c2ccccc2)c2cccc(S(=O)(=O)O)c2)n1. The van der Waals surface area contributed by atoms with Gasteiger partial charge in [0.15, 0.2) is 0 Å². The van der Waals surface area contributed by atoms with Gasteiger partial charge < -0.3 is 4.90 Å². The lowest BCUT2D eigenvalue weighted by Crippen LogP contribution is -2.17. The molecule has 8 heteroatoms. The van der Waals surface area contributed by atoms with Crippen molar-refractivity contribution in [2.75, 3.05) is 23.9 Å². The fourth-order valence-electron chi connectivity index (χ4n) is 2.44. The summed E-state index contributed by atoms with van der Waals surface area (Å²) in [4.78, 5) is 12.3. The summed E-state index contributed by atoms with van der Waals surface area (Å²) in [5.74, 6) is 1.09. The quantitative estimate of drug-likeness (QED) is 0.690. The summed E-state index contributed by atoms with van der Waals surface area (Å²) in [6.45, 7) is 0. The van der Waals surface area contributed by atoms with E-state index in [2.05, 4.69) is 9.97 Å². The van der Waals surface area contributed by atoms with E-state index in [4.69, 9.17) is 0 Å². The Hall–Kier alpha value is -2.97. The molecule has 0 unspecified atom stereocenters. The molecule has 1 aromatic heterocycles. The largest absolute Gasteiger partial charge is 0.363 e. The molecule has 1 N–H and O–H groups in total. The van der Waals surface area contributed by atoms with Crippen molar-refractivity contribution in [3.05, 3.63) is 66.9 Å². The van der Waals surface area contributed by atoms with Gasteiger partial charge in [-0.15, -0.1) is 0 Å². The van der Waals surface area contributed by atoms with Crippen LogP contribution in [0, 0.1) is 0 Å². The van der Waals surface area contributed by atoms with E-state index in [1.165, 1.54) is 12.1 Å². The number of anilines is 4. The van der Waals surface area contributed by atoms with E-state index in [0.717, 1.165) is 5.69 Å². The Bertz CT molecular complexity index is 1010. The molecule has 0 aliphatic rings. The highest BCUT2D eigenvalue weighted by atomic mass is 32.2. The van der Waals surface area contributed by atoms with Gasteiger partial charge in [-0.1, -0.05) is 24.3 Å². The normalized spacial score (nSPS) is 11.2. The maximum Gasteiger partial charge on any atom is 0.294 e. The summed E-state index contributed by atoms with van der Waals surface area (Å²) in [7, 11) is -0.575. The molecule has 0 saturated carbocycles. The predicted molar refractivity (Wildman–Crippen MR) is 101 cm³/mol. The molecule has 0 amide bonds. The molecule has 1 heterocycles. The lowest BCUT2D eigenvalue weighted by molar-refractivity contribution is 0.483. The van der Waals surface area contributed by atoms with Crippen molar-refractivity contribution in [3.63, 3.8) is 0 Å². The smallest absolute Gasteiger partial charge is 0.294 e. The van der Waals surface area contributed by atoms with Gasteiger partial charge in [-0.25, -0.2) is 4.98 Å². The first kappa shape index (κ1) is 17.8. The Labute approximate surface area is 152 Å². The minimum Gasteiger partial charge on any atom is -0.363 e. The van der Waals surface area contributed by atoms with E-state index in [1.54, 1.807) is 29.3 Å². The van der Waals surface area contributed by atoms with Crippen LogP contribution in [0.1, 0.15) is 0 Å². The van der Waals surface area contributed by atoms with Gasteiger partial charge >= 0.3 is 0 Å². The van der Waals surface area contributed by atoms with Crippen molar-refractivity contribution in [2.45, 2.75) is 4.90 Å². The number of nitrogens with zero attached hydrogens (tertiary/aromatic N) is 4. The predicted octanol–water partition coefficient (Wildman–Crippen LogP) is 3.26. The molecule has 2 aromatic carbocycles. The summed E-state index contributed by atoms with van der Waals surface area (Å²) < 4.78 is 32.4. The molecule has 0 bridgehead atoms. The minimum atomic E-state index is -4.32. The summed E-state index contributed by atoms with van der Waals surface area (Å²) in [5.41, 5.74) is 1.28. The second-order valence-corrected chi connectivity index (χ2v) is 7.17. The van der Waals surface area contributed by atoms with Gasteiger partial charge in [-0.3, -0.25) is 9.45 Å². The Morgan fingerprint density at radius 3 is 2.27 bits per heavy atom. The Kier molecular flexibility index (Phi) is 4.88.